The molecule has 1 aliphatic rings. The van der Waals surface area contributed by atoms with Gasteiger partial charge in [0, 0.05) is 12.2 Å². The molecular formula is C11H14ClN3O. The van der Waals surface area contributed by atoms with Gasteiger partial charge in [-0.05, 0) is 32.0 Å². The molecule has 0 spiro atoms. The Hall–Kier alpha value is -1.13. The Morgan fingerprint density at radius 2 is 2.50 bits per heavy atom. The Morgan fingerprint density at radius 3 is 3.12 bits per heavy atom. The van der Waals surface area contributed by atoms with Gasteiger partial charge in [0.1, 0.15) is 0 Å². The van der Waals surface area contributed by atoms with Crippen LogP contribution in [-0.4, -0.2) is 23.5 Å². The van der Waals surface area contributed by atoms with Gasteiger partial charge in [-0.3, -0.25) is 4.79 Å². The highest BCUT2D eigenvalue weighted by Crippen LogP contribution is 2.21. The first-order valence-electron chi connectivity index (χ1n) is 5.33. The van der Waals surface area contributed by atoms with Crippen molar-refractivity contribution in [3.63, 3.8) is 0 Å². The summed E-state index contributed by atoms with van der Waals surface area (Å²) in [6.07, 6.45) is 2.47. The maximum Gasteiger partial charge on any atom is 0.230 e. The van der Waals surface area contributed by atoms with Crippen LogP contribution in [0.5, 0.6) is 0 Å². The molecule has 1 amide bonds. The Morgan fingerprint density at radius 1 is 1.69 bits per heavy atom. The standard InChI is InChI=1S/C11H14ClN3O/c1-7-8(4-6-13-7)11(16)15-10-9(12)3-2-5-14-10/h2-3,5,7-8,13H,4,6H2,1H3,(H,14,15,16). The van der Waals surface area contributed by atoms with Crippen molar-refractivity contribution >= 4 is 23.3 Å². The van der Waals surface area contributed by atoms with E-state index in [-0.39, 0.29) is 17.9 Å². The zero-order chi connectivity index (χ0) is 11.5. The zero-order valence-electron chi connectivity index (χ0n) is 9.03. The molecule has 1 fully saturated rings. The predicted molar refractivity (Wildman–Crippen MR) is 63.4 cm³/mol. The van der Waals surface area contributed by atoms with E-state index in [0.717, 1.165) is 13.0 Å². The topological polar surface area (TPSA) is 54.0 Å². The lowest BCUT2D eigenvalue weighted by Gasteiger charge is -2.14. The van der Waals surface area contributed by atoms with Crippen molar-refractivity contribution < 1.29 is 4.79 Å². The van der Waals surface area contributed by atoms with Crippen molar-refractivity contribution in [3.8, 4) is 0 Å². The smallest absolute Gasteiger partial charge is 0.230 e. The first kappa shape index (κ1) is 11.4. The average Bonchev–Trinajstić information content (AvgIpc) is 2.68. The van der Waals surface area contributed by atoms with Crippen LogP contribution >= 0.6 is 11.6 Å². The zero-order valence-corrected chi connectivity index (χ0v) is 9.79. The number of aromatic nitrogens is 1. The maximum absolute atomic E-state index is 11.9. The van der Waals surface area contributed by atoms with Crippen LogP contribution in [0.2, 0.25) is 5.02 Å². The fourth-order valence-corrected chi connectivity index (χ4v) is 2.07. The molecule has 16 heavy (non-hydrogen) atoms. The van der Waals surface area contributed by atoms with Gasteiger partial charge < -0.3 is 10.6 Å². The van der Waals surface area contributed by atoms with Gasteiger partial charge in [0.15, 0.2) is 5.82 Å². The van der Waals surface area contributed by atoms with E-state index in [4.69, 9.17) is 11.6 Å². The highest BCUT2D eigenvalue weighted by Gasteiger charge is 2.29. The quantitative estimate of drug-likeness (QED) is 0.826. The predicted octanol–water partition coefficient (Wildman–Crippen LogP) is 1.67. The van der Waals surface area contributed by atoms with Crippen molar-refractivity contribution in [2.45, 2.75) is 19.4 Å². The third-order valence-corrected chi connectivity index (χ3v) is 3.17. The van der Waals surface area contributed by atoms with Crippen LogP contribution in [0.15, 0.2) is 18.3 Å². The van der Waals surface area contributed by atoms with Crippen LogP contribution in [0.4, 0.5) is 5.82 Å². The Balaban J connectivity index is 2.05. The number of halogens is 1. The number of carbonyl (C=O) groups excluding carboxylic acids is 1. The molecule has 2 unspecified atom stereocenters. The first-order chi connectivity index (χ1) is 7.68. The number of rotatable bonds is 2. The molecule has 2 heterocycles. The molecule has 0 saturated carbocycles. The SMILES string of the molecule is CC1NCCC1C(=O)Nc1ncccc1Cl. The number of amides is 1. The molecule has 86 valence electrons. The summed E-state index contributed by atoms with van der Waals surface area (Å²) in [6.45, 7) is 2.90. The number of nitrogens with one attached hydrogen (secondary N) is 2. The van der Waals surface area contributed by atoms with Gasteiger partial charge in [-0.2, -0.15) is 0 Å². The lowest BCUT2D eigenvalue weighted by atomic mass is 10.0. The number of hydrogen-bond acceptors (Lipinski definition) is 3. The van der Waals surface area contributed by atoms with E-state index < -0.39 is 0 Å². The van der Waals surface area contributed by atoms with E-state index in [0.29, 0.717) is 10.8 Å². The van der Waals surface area contributed by atoms with Crippen LogP contribution in [-0.2, 0) is 4.79 Å². The van der Waals surface area contributed by atoms with Crippen molar-refractivity contribution in [2.75, 3.05) is 11.9 Å². The molecule has 1 aromatic heterocycles. The molecule has 1 saturated heterocycles. The van der Waals surface area contributed by atoms with Crippen molar-refractivity contribution in [3.05, 3.63) is 23.4 Å². The molecule has 4 nitrogen and oxygen atoms in total. The summed E-state index contributed by atoms with van der Waals surface area (Å²) in [5, 5.41) is 6.46. The average molecular weight is 240 g/mol. The van der Waals surface area contributed by atoms with Crippen LogP contribution in [0, 0.1) is 5.92 Å². The molecule has 0 aliphatic carbocycles. The molecule has 2 N–H and O–H groups in total. The second-order valence-corrected chi connectivity index (χ2v) is 4.37. The fraction of sp³-hybridized carbons (Fsp3) is 0.455. The third-order valence-electron chi connectivity index (χ3n) is 2.86. The fourth-order valence-electron chi connectivity index (χ4n) is 1.90. The summed E-state index contributed by atoms with van der Waals surface area (Å²) in [6, 6.07) is 3.65. The van der Waals surface area contributed by atoms with E-state index in [1.54, 1.807) is 18.3 Å². The second kappa shape index (κ2) is 4.80. The minimum atomic E-state index is -0.0156. The van der Waals surface area contributed by atoms with Gasteiger partial charge >= 0.3 is 0 Å². The summed E-state index contributed by atoms with van der Waals surface area (Å²) >= 11 is 5.92. The summed E-state index contributed by atoms with van der Waals surface area (Å²) in [5.41, 5.74) is 0. The highest BCUT2D eigenvalue weighted by molar-refractivity contribution is 6.33. The summed E-state index contributed by atoms with van der Waals surface area (Å²) in [7, 11) is 0. The molecule has 1 aromatic rings. The van der Waals surface area contributed by atoms with Gasteiger partial charge in [-0.15, -0.1) is 0 Å². The lowest BCUT2D eigenvalue weighted by molar-refractivity contribution is -0.120. The number of hydrogen-bond donors (Lipinski definition) is 2. The Kier molecular flexibility index (Phi) is 3.41. The number of carbonyl (C=O) groups is 1. The van der Waals surface area contributed by atoms with Crippen LogP contribution in [0.25, 0.3) is 0 Å². The van der Waals surface area contributed by atoms with Crippen LogP contribution in [0.1, 0.15) is 13.3 Å². The van der Waals surface area contributed by atoms with Gasteiger partial charge in [0.2, 0.25) is 5.91 Å². The number of pyridine rings is 1. The monoisotopic (exact) mass is 239 g/mol. The molecule has 0 aromatic carbocycles. The second-order valence-electron chi connectivity index (χ2n) is 3.96. The molecule has 2 atom stereocenters. The highest BCUT2D eigenvalue weighted by atomic mass is 35.5. The molecule has 0 radical (unpaired) electrons. The molecule has 5 heteroatoms. The number of anilines is 1. The largest absolute Gasteiger partial charge is 0.313 e. The molecule has 0 bridgehead atoms. The third kappa shape index (κ3) is 2.33. The van der Waals surface area contributed by atoms with Gasteiger partial charge in [-0.1, -0.05) is 11.6 Å². The first-order valence-corrected chi connectivity index (χ1v) is 5.71. The van der Waals surface area contributed by atoms with Crippen molar-refractivity contribution in [2.24, 2.45) is 5.92 Å². The van der Waals surface area contributed by atoms with E-state index in [2.05, 4.69) is 15.6 Å². The van der Waals surface area contributed by atoms with Gasteiger partial charge in [-0.25, -0.2) is 4.98 Å². The van der Waals surface area contributed by atoms with E-state index in [1.807, 2.05) is 6.92 Å². The minimum absolute atomic E-state index is 0.00178. The van der Waals surface area contributed by atoms with E-state index in [1.165, 1.54) is 0 Å². The minimum Gasteiger partial charge on any atom is -0.313 e. The lowest BCUT2D eigenvalue weighted by Crippen LogP contribution is -2.32. The van der Waals surface area contributed by atoms with E-state index in [9.17, 15) is 4.79 Å². The summed E-state index contributed by atoms with van der Waals surface area (Å²) in [4.78, 5) is 16.0. The maximum atomic E-state index is 11.9. The normalized spacial score (nSPS) is 24.4. The molecule has 1 aliphatic heterocycles. The van der Waals surface area contributed by atoms with Gasteiger partial charge in [0.25, 0.3) is 0 Å². The van der Waals surface area contributed by atoms with Crippen LogP contribution in [0.3, 0.4) is 0 Å². The summed E-state index contributed by atoms with van der Waals surface area (Å²) in [5.74, 6) is 0.421. The van der Waals surface area contributed by atoms with Gasteiger partial charge in [0.05, 0.1) is 10.9 Å². The van der Waals surface area contributed by atoms with Crippen LogP contribution < -0.4 is 10.6 Å². The Bertz CT molecular complexity index is 397. The molecule has 2 rings (SSSR count). The van der Waals surface area contributed by atoms with E-state index >= 15 is 0 Å². The van der Waals surface area contributed by atoms with Crippen molar-refractivity contribution in [1.82, 2.24) is 10.3 Å². The summed E-state index contributed by atoms with van der Waals surface area (Å²) < 4.78 is 0. The molecular weight excluding hydrogens is 226 g/mol. The Labute approximate surface area is 99.4 Å². The van der Waals surface area contributed by atoms with Crippen molar-refractivity contribution in [1.29, 1.82) is 0 Å². The number of nitrogens with zero attached hydrogens (tertiary/aromatic N) is 1.